The van der Waals surface area contributed by atoms with Gasteiger partial charge in [-0.25, -0.2) is 8.78 Å². The Balaban J connectivity index is 2.19. The summed E-state index contributed by atoms with van der Waals surface area (Å²) >= 11 is 0. The van der Waals surface area contributed by atoms with Crippen LogP contribution in [0.4, 0.5) is 8.78 Å². The smallest absolute Gasteiger partial charge is 0.188 e. The van der Waals surface area contributed by atoms with Gasteiger partial charge in [-0.3, -0.25) is 9.48 Å². The Kier molecular flexibility index (Phi) is 3.32. The summed E-state index contributed by atoms with van der Waals surface area (Å²) in [6, 6.07) is 2.86. The molecule has 18 heavy (non-hydrogen) atoms. The molecule has 0 amide bonds. The lowest BCUT2D eigenvalue weighted by molar-refractivity contribution is 0.104. The van der Waals surface area contributed by atoms with Gasteiger partial charge in [-0.15, -0.1) is 0 Å². The number of hydrogen-bond acceptors (Lipinski definition) is 2. The molecule has 3 nitrogen and oxygen atoms in total. The standard InChI is InChI=1S/C13H10F2N2O/c1-17-8-9(7-16-17)2-5-13(18)11-4-3-10(14)6-12(11)15/h2-8H,1H3/b5-2-. The van der Waals surface area contributed by atoms with Gasteiger partial charge >= 0.3 is 0 Å². The maximum Gasteiger partial charge on any atom is 0.188 e. The molecule has 0 N–H and O–H groups in total. The van der Waals surface area contributed by atoms with Crippen molar-refractivity contribution < 1.29 is 13.6 Å². The maximum atomic E-state index is 13.3. The zero-order chi connectivity index (χ0) is 13.1. The highest BCUT2D eigenvalue weighted by atomic mass is 19.1. The molecule has 2 rings (SSSR count). The molecule has 92 valence electrons. The molecule has 0 fully saturated rings. The summed E-state index contributed by atoms with van der Waals surface area (Å²) in [5.74, 6) is -2.09. The van der Waals surface area contributed by atoms with Crippen molar-refractivity contribution in [3.63, 3.8) is 0 Å². The monoisotopic (exact) mass is 248 g/mol. The summed E-state index contributed by atoms with van der Waals surface area (Å²) in [5.41, 5.74) is 0.574. The molecule has 1 heterocycles. The van der Waals surface area contributed by atoms with Crippen molar-refractivity contribution in [1.29, 1.82) is 0 Å². The highest BCUT2D eigenvalue weighted by Gasteiger charge is 2.09. The number of halogens is 2. The number of allylic oxidation sites excluding steroid dienone is 1. The fraction of sp³-hybridized carbons (Fsp3) is 0.0769. The normalized spacial score (nSPS) is 11.1. The molecule has 0 spiro atoms. The molecule has 1 aromatic heterocycles. The Bertz CT molecular complexity index is 617. The second-order valence-electron chi connectivity index (χ2n) is 3.77. The average Bonchev–Trinajstić information content (AvgIpc) is 2.72. The predicted molar refractivity (Wildman–Crippen MR) is 62.9 cm³/mol. The van der Waals surface area contributed by atoms with Crippen LogP contribution in [0.3, 0.4) is 0 Å². The van der Waals surface area contributed by atoms with E-state index < -0.39 is 17.4 Å². The molecule has 0 unspecified atom stereocenters. The second-order valence-corrected chi connectivity index (χ2v) is 3.77. The molecule has 0 aliphatic rings. The largest absolute Gasteiger partial charge is 0.289 e. The van der Waals surface area contributed by atoms with E-state index >= 15 is 0 Å². The average molecular weight is 248 g/mol. The SMILES string of the molecule is Cn1cc(/C=C\C(=O)c2ccc(F)cc2F)cn1. The predicted octanol–water partition coefficient (Wildman–Crippen LogP) is 2.59. The number of hydrogen-bond donors (Lipinski definition) is 0. The van der Waals surface area contributed by atoms with E-state index in [1.807, 2.05) is 0 Å². The number of ketones is 1. The first-order valence-electron chi connectivity index (χ1n) is 5.22. The Hall–Kier alpha value is -2.30. The van der Waals surface area contributed by atoms with Crippen LogP contribution in [0, 0.1) is 11.6 Å². The minimum Gasteiger partial charge on any atom is -0.289 e. The molecule has 5 heteroatoms. The Morgan fingerprint density at radius 3 is 2.78 bits per heavy atom. The van der Waals surface area contributed by atoms with Gasteiger partial charge in [-0.05, 0) is 24.3 Å². The van der Waals surface area contributed by atoms with Gasteiger partial charge in [-0.2, -0.15) is 5.10 Å². The molecular weight excluding hydrogens is 238 g/mol. The quantitative estimate of drug-likeness (QED) is 0.618. The second kappa shape index (κ2) is 4.91. The summed E-state index contributed by atoms with van der Waals surface area (Å²) in [4.78, 5) is 11.7. The van der Waals surface area contributed by atoms with E-state index in [-0.39, 0.29) is 5.56 Å². The fourth-order valence-electron chi connectivity index (χ4n) is 1.48. The first-order valence-corrected chi connectivity index (χ1v) is 5.22. The van der Waals surface area contributed by atoms with Crippen LogP contribution in [-0.4, -0.2) is 15.6 Å². The van der Waals surface area contributed by atoms with Gasteiger partial charge in [0, 0.05) is 24.9 Å². The lowest BCUT2D eigenvalue weighted by Gasteiger charge is -1.97. The highest BCUT2D eigenvalue weighted by molar-refractivity contribution is 6.06. The van der Waals surface area contributed by atoms with E-state index in [2.05, 4.69) is 5.10 Å². The highest BCUT2D eigenvalue weighted by Crippen LogP contribution is 2.11. The summed E-state index contributed by atoms with van der Waals surface area (Å²) in [6.07, 6.45) is 6.04. The van der Waals surface area contributed by atoms with E-state index in [1.54, 1.807) is 24.1 Å². The third-order valence-corrected chi connectivity index (χ3v) is 2.35. The maximum absolute atomic E-state index is 13.3. The number of carbonyl (C=O) groups excluding carboxylic acids is 1. The number of benzene rings is 1. The van der Waals surface area contributed by atoms with Crippen LogP contribution in [0.5, 0.6) is 0 Å². The lowest BCUT2D eigenvalue weighted by Crippen LogP contribution is -1.99. The molecule has 0 aliphatic carbocycles. The van der Waals surface area contributed by atoms with Crippen LogP contribution in [0.25, 0.3) is 6.08 Å². The van der Waals surface area contributed by atoms with Crippen molar-refractivity contribution in [1.82, 2.24) is 9.78 Å². The summed E-state index contributed by atoms with van der Waals surface area (Å²) < 4.78 is 27.6. The minimum atomic E-state index is -0.865. The third-order valence-electron chi connectivity index (χ3n) is 2.35. The molecule has 0 atom stereocenters. The molecule has 2 aromatic rings. The van der Waals surface area contributed by atoms with Crippen LogP contribution in [0.15, 0.2) is 36.7 Å². The molecule has 0 saturated carbocycles. The molecule has 0 radical (unpaired) electrons. The van der Waals surface area contributed by atoms with E-state index in [4.69, 9.17) is 0 Å². The van der Waals surface area contributed by atoms with Crippen molar-refractivity contribution >= 4 is 11.9 Å². The van der Waals surface area contributed by atoms with Crippen LogP contribution in [0.1, 0.15) is 15.9 Å². The van der Waals surface area contributed by atoms with Crippen LogP contribution in [0.2, 0.25) is 0 Å². The number of aryl methyl sites for hydroxylation is 1. The number of nitrogens with zero attached hydrogens (tertiary/aromatic N) is 2. The first-order chi connectivity index (χ1) is 8.56. The Labute approximate surface area is 102 Å². The molecular formula is C13H10F2N2O. The van der Waals surface area contributed by atoms with E-state index in [0.717, 1.165) is 17.7 Å². The fourth-order valence-corrected chi connectivity index (χ4v) is 1.48. The van der Waals surface area contributed by atoms with Crippen molar-refractivity contribution in [2.24, 2.45) is 7.05 Å². The van der Waals surface area contributed by atoms with Crippen molar-refractivity contribution in [2.75, 3.05) is 0 Å². The summed E-state index contributed by atoms with van der Waals surface area (Å²) in [5, 5.41) is 3.93. The van der Waals surface area contributed by atoms with E-state index in [1.165, 1.54) is 12.2 Å². The topological polar surface area (TPSA) is 34.9 Å². The minimum absolute atomic E-state index is 0.156. The Morgan fingerprint density at radius 1 is 1.39 bits per heavy atom. The summed E-state index contributed by atoms with van der Waals surface area (Å²) in [6.45, 7) is 0. The first kappa shape index (κ1) is 12.2. The van der Waals surface area contributed by atoms with Gasteiger partial charge in [0.2, 0.25) is 0 Å². The van der Waals surface area contributed by atoms with Gasteiger partial charge in [0.15, 0.2) is 5.78 Å². The van der Waals surface area contributed by atoms with Crippen LogP contribution >= 0.6 is 0 Å². The van der Waals surface area contributed by atoms with Gasteiger partial charge in [0.1, 0.15) is 11.6 Å². The van der Waals surface area contributed by atoms with Crippen molar-refractivity contribution in [3.8, 4) is 0 Å². The molecule has 1 aromatic carbocycles. The van der Waals surface area contributed by atoms with Crippen molar-refractivity contribution in [2.45, 2.75) is 0 Å². The molecule has 0 saturated heterocycles. The number of rotatable bonds is 3. The Morgan fingerprint density at radius 2 is 2.17 bits per heavy atom. The van der Waals surface area contributed by atoms with E-state index in [0.29, 0.717) is 6.07 Å². The van der Waals surface area contributed by atoms with Crippen LogP contribution < -0.4 is 0 Å². The number of carbonyl (C=O) groups is 1. The van der Waals surface area contributed by atoms with Gasteiger partial charge in [0.25, 0.3) is 0 Å². The van der Waals surface area contributed by atoms with Gasteiger partial charge < -0.3 is 0 Å². The summed E-state index contributed by atoms with van der Waals surface area (Å²) in [7, 11) is 1.75. The molecule has 0 aliphatic heterocycles. The molecule has 0 bridgehead atoms. The van der Waals surface area contributed by atoms with Crippen LogP contribution in [-0.2, 0) is 7.05 Å². The van der Waals surface area contributed by atoms with Crippen molar-refractivity contribution in [3.05, 3.63) is 59.4 Å². The third kappa shape index (κ3) is 2.68. The lowest BCUT2D eigenvalue weighted by atomic mass is 10.1. The number of aromatic nitrogens is 2. The van der Waals surface area contributed by atoms with E-state index in [9.17, 15) is 13.6 Å². The zero-order valence-corrected chi connectivity index (χ0v) is 9.60. The zero-order valence-electron chi connectivity index (χ0n) is 9.60. The van der Waals surface area contributed by atoms with Gasteiger partial charge in [0.05, 0.1) is 11.8 Å². The van der Waals surface area contributed by atoms with Gasteiger partial charge in [-0.1, -0.05) is 0 Å².